The molecular formula is C17H36O4. The predicted molar refractivity (Wildman–Crippen MR) is 86.5 cm³/mol. The molecule has 0 fully saturated rings. The topological polar surface area (TPSA) is 47.9 Å². The maximum atomic E-state index is 8.90. The third kappa shape index (κ3) is 8.77. The van der Waals surface area contributed by atoms with Crippen molar-refractivity contribution >= 4 is 0 Å². The van der Waals surface area contributed by atoms with Crippen molar-refractivity contribution in [2.45, 2.75) is 79.3 Å². The van der Waals surface area contributed by atoms with E-state index in [2.05, 4.69) is 34.6 Å². The van der Waals surface area contributed by atoms with Crippen LogP contribution in [0.25, 0.3) is 0 Å². The minimum atomic E-state index is -0.165. The van der Waals surface area contributed by atoms with Crippen molar-refractivity contribution < 1.29 is 19.3 Å². The largest absolute Gasteiger partial charge is 0.394 e. The number of hydrogen-bond donors (Lipinski definition) is 1. The molecule has 0 aromatic heterocycles. The molecular weight excluding hydrogens is 268 g/mol. The van der Waals surface area contributed by atoms with Crippen molar-refractivity contribution in [2.75, 3.05) is 19.8 Å². The van der Waals surface area contributed by atoms with Crippen LogP contribution >= 0.6 is 0 Å². The Hall–Kier alpha value is -0.160. The van der Waals surface area contributed by atoms with E-state index < -0.39 is 0 Å². The molecule has 21 heavy (non-hydrogen) atoms. The summed E-state index contributed by atoms with van der Waals surface area (Å²) in [5, 5.41) is 8.90. The van der Waals surface area contributed by atoms with Gasteiger partial charge in [-0.15, -0.1) is 0 Å². The van der Waals surface area contributed by atoms with Crippen LogP contribution in [0.2, 0.25) is 0 Å². The van der Waals surface area contributed by atoms with Crippen molar-refractivity contribution in [2.24, 2.45) is 11.8 Å². The maximum absolute atomic E-state index is 8.90. The zero-order chi connectivity index (χ0) is 16.6. The Balaban J connectivity index is 4.06. The van der Waals surface area contributed by atoms with Gasteiger partial charge in [-0.3, -0.25) is 0 Å². The summed E-state index contributed by atoms with van der Waals surface area (Å²) in [4.78, 5) is 0. The van der Waals surface area contributed by atoms with Gasteiger partial charge in [0.1, 0.15) is 0 Å². The maximum Gasteiger partial charge on any atom is 0.0788 e. The minimum Gasteiger partial charge on any atom is -0.394 e. The smallest absolute Gasteiger partial charge is 0.0788 e. The lowest BCUT2D eigenvalue weighted by molar-refractivity contribution is -0.139. The molecule has 4 nitrogen and oxygen atoms in total. The lowest BCUT2D eigenvalue weighted by atomic mass is 9.83. The normalized spacial score (nSPS) is 18.6. The van der Waals surface area contributed by atoms with Crippen LogP contribution in [-0.2, 0) is 14.2 Å². The molecule has 0 heterocycles. The average molecular weight is 304 g/mol. The number of aliphatic hydroxyl groups excluding tert-OH is 1. The van der Waals surface area contributed by atoms with Crippen LogP contribution in [0, 0.1) is 11.8 Å². The summed E-state index contributed by atoms with van der Waals surface area (Å²) < 4.78 is 17.3. The van der Waals surface area contributed by atoms with Crippen LogP contribution in [0.3, 0.4) is 0 Å². The number of aliphatic hydroxyl groups is 1. The molecule has 1 N–H and O–H groups in total. The Labute approximate surface area is 131 Å². The molecule has 0 spiro atoms. The lowest BCUT2D eigenvalue weighted by Crippen LogP contribution is -2.40. The zero-order valence-corrected chi connectivity index (χ0v) is 15.2. The first-order valence-corrected chi connectivity index (χ1v) is 8.12. The van der Waals surface area contributed by atoms with Gasteiger partial charge in [0.2, 0.25) is 0 Å². The van der Waals surface area contributed by atoms with Crippen LogP contribution < -0.4 is 0 Å². The van der Waals surface area contributed by atoms with E-state index in [9.17, 15) is 0 Å². The second kappa shape index (κ2) is 9.78. The van der Waals surface area contributed by atoms with E-state index in [-0.39, 0.29) is 30.5 Å². The number of rotatable bonds is 11. The van der Waals surface area contributed by atoms with Crippen molar-refractivity contribution in [3.63, 3.8) is 0 Å². The van der Waals surface area contributed by atoms with Gasteiger partial charge in [-0.2, -0.15) is 0 Å². The summed E-state index contributed by atoms with van der Waals surface area (Å²) in [6.07, 6.45) is -0.106. The van der Waals surface area contributed by atoms with Gasteiger partial charge in [0.15, 0.2) is 0 Å². The highest BCUT2D eigenvalue weighted by atomic mass is 16.6. The summed E-state index contributed by atoms with van der Waals surface area (Å²) in [6.45, 7) is 17.9. The molecule has 4 unspecified atom stereocenters. The fraction of sp³-hybridized carbons (Fsp3) is 1.00. The van der Waals surface area contributed by atoms with Crippen LogP contribution in [0.1, 0.15) is 55.4 Å². The molecule has 0 aliphatic carbocycles. The van der Waals surface area contributed by atoms with E-state index in [1.165, 1.54) is 0 Å². The molecule has 0 bridgehead atoms. The predicted octanol–water partition coefficient (Wildman–Crippen LogP) is 3.26. The van der Waals surface area contributed by atoms with Gasteiger partial charge in [-0.05, 0) is 46.5 Å². The Morgan fingerprint density at radius 2 is 1.29 bits per heavy atom. The van der Waals surface area contributed by atoms with Crippen LogP contribution in [0.5, 0.6) is 0 Å². The third-order valence-corrected chi connectivity index (χ3v) is 4.09. The molecule has 0 amide bonds. The molecule has 4 heteroatoms. The molecule has 0 aromatic rings. The first kappa shape index (κ1) is 20.8. The number of hydrogen-bond acceptors (Lipinski definition) is 4. The monoisotopic (exact) mass is 304 g/mol. The van der Waals surface area contributed by atoms with E-state index in [0.29, 0.717) is 25.0 Å². The Bertz CT molecular complexity index is 266. The Morgan fingerprint density at radius 1 is 0.810 bits per heavy atom. The molecule has 0 saturated heterocycles. The van der Waals surface area contributed by atoms with E-state index in [1.54, 1.807) is 0 Å². The SMILES string of the molecule is CC(CO)OCC(C)OCC(C)OC(C)(C)C(C)C(C)C. The molecule has 4 atom stereocenters. The fourth-order valence-corrected chi connectivity index (χ4v) is 2.16. The van der Waals surface area contributed by atoms with Crippen molar-refractivity contribution in [1.29, 1.82) is 0 Å². The van der Waals surface area contributed by atoms with Gasteiger partial charge in [-0.25, -0.2) is 0 Å². The van der Waals surface area contributed by atoms with E-state index in [4.69, 9.17) is 19.3 Å². The van der Waals surface area contributed by atoms with Crippen molar-refractivity contribution in [1.82, 2.24) is 0 Å². The highest BCUT2D eigenvalue weighted by Crippen LogP contribution is 2.28. The van der Waals surface area contributed by atoms with Crippen molar-refractivity contribution in [3.8, 4) is 0 Å². The minimum absolute atomic E-state index is 0.00400. The Morgan fingerprint density at radius 3 is 1.76 bits per heavy atom. The summed E-state index contributed by atoms with van der Waals surface area (Å²) in [7, 11) is 0. The highest BCUT2D eigenvalue weighted by molar-refractivity contribution is 4.79. The summed E-state index contributed by atoms with van der Waals surface area (Å²) in [5.74, 6) is 1.06. The standard InChI is InChI=1S/C17H36O4/c1-12(2)16(6)17(7,8)21-15(5)11-20-14(4)10-19-13(3)9-18/h12-16,18H,9-11H2,1-8H3. The van der Waals surface area contributed by atoms with Gasteiger partial charge < -0.3 is 19.3 Å². The van der Waals surface area contributed by atoms with Crippen LogP contribution in [0.15, 0.2) is 0 Å². The van der Waals surface area contributed by atoms with Crippen LogP contribution in [-0.4, -0.2) is 48.8 Å². The lowest BCUT2D eigenvalue weighted by Gasteiger charge is -2.37. The van der Waals surface area contributed by atoms with Crippen LogP contribution in [0.4, 0.5) is 0 Å². The van der Waals surface area contributed by atoms with Crippen molar-refractivity contribution in [3.05, 3.63) is 0 Å². The molecule has 0 saturated carbocycles. The molecule has 0 aromatic carbocycles. The summed E-state index contributed by atoms with van der Waals surface area (Å²) >= 11 is 0. The molecule has 128 valence electrons. The van der Waals surface area contributed by atoms with E-state index >= 15 is 0 Å². The van der Waals surface area contributed by atoms with Gasteiger partial charge >= 0.3 is 0 Å². The zero-order valence-electron chi connectivity index (χ0n) is 15.2. The van der Waals surface area contributed by atoms with Gasteiger partial charge in [0.05, 0.1) is 43.7 Å². The van der Waals surface area contributed by atoms with Gasteiger partial charge in [0, 0.05) is 0 Å². The van der Waals surface area contributed by atoms with Gasteiger partial charge in [0.25, 0.3) is 0 Å². The second-order valence-corrected chi connectivity index (χ2v) is 7.04. The summed E-state index contributed by atoms with van der Waals surface area (Å²) in [6, 6.07) is 0. The highest BCUT2D eigenvalue weighted by Gasteiger charge is 2.30. The molecule has 0 radical (unpaired) electrons. The first-order chi connectivity index (χ1) is 9.60. The quantitative estimate of drug-likeness (QED) is 0.636. The third-order valence-electron chi connectivity index (χ3n) is 4.09. The summed E-state index contributed by atoms with van der Waals surface area (Å²) in [5.41, 5.74) is -0.165. The van der Waals surface area contributed by atoms with E-state index in [0.717, 1.165) is 0 Å². The molecule has 0 aliphatic heterocycles. The second-order valence-electron chi connectivity index (χ2n) is 7.04. The Kier molecular flexibility index (Phi) is 9.70. The fourth-order valence-electron chi connectivity index (χ4n) is 2.16. The average Bonchev–Trinajstić information content (AvgIpc) is 2.40. The molecule has 0 rings (SSSR count). The molecule has 0 aliphatic rings. The first-order valence-electron chi connectivity index (χ1n) is 8.12. The number of ether oxygens (including phenoxy) is 3. The van der Waals surface area contributed by atoms with Gasteiger partial charge in [-0.1, -0.05) is 20.8 Å². The van der Waals surface area contributed by atoms with E-state index in [1.807, 2.05) is 20.8 Å².